The molecule has 6 aliphatic rings. The molecule has 6 heterocycles. The third-order valence-corrected chi connectivity index (χ3v) is 15.7. The molecule has 1 saturated carbocycles. The van der Waals surface area contributed by atoms with E-state index < -0.39 is 58.0 Å². The smallest absolute Gasteiger partial charge is 0.344 e. The molecule has 5 aliphatic heterocycles. The molecule has 2 unspecified atom stereocenters. The average molecular weight is 811 g/mol. The van der Waals surface area contributed by atoms with E-state index in [2.05, 4.69) is 39.9 Å². The van der Waals surface area contributed by atoms with Gasteiger partial charge >= 0.3 is 17.9 Å². The molecule has 13 nitrogen and oxygen atoms in total. The molecule has 59 heavy (non-hydrogen) atoms. The van der Waals surface area contributed by atoms with Crippen LogP contribution in [-0.2, 0) is 45.8 Å². The fraction of sp³-hybridized carbons (Fsp3) is 0.587. The van der Waals surface area contributed by atoms with Crippen LogP contribution in [-0.4, -0.2) is 134 Å². The lowest BCUT2D eigenvalue weighted by atomic mass is 9.47. The van der Waals surface area contributed by atoms with Gasteiger partial charge in [0, 0.05) is 90.9 Å². The van der Waals surface area contributed by atoms with E-state index in [1.807, 2.05) is 49.2 Å². The van der Waals surface area contributed by atoms with Crippen LogP contribution in [0.3, 0.4) is 0 Å². The summed E-state index contributed by atoms with van der Waals surface area (Å²) in [4.78, 5) is 53.2. The number of aromatic nitrogens is 1. The highest BCUT2D eigenvalue weighted by Crippen LogP contribution is 2.68. The van der Waals surface area contributed by atoms with E-state index in [0.717, 1.165) is 52.9 Å². The summed E-state index contributed by atoms with van der Waals surface area (Å²) < 4.78 is 23.9. The van der Waals surface area contributed by atoms with Gasteiger partial charge in [-0.1, -0.05) is 44.2 Å². The van der Waals surface area contributed by atoms with Crippen molar-refractivity contribution in [1.29, 1.82) is 0 Å². The minimum atomic E-state index is -2.31. The highest BCUT2D eigenvalue weighted by Gasteiger charge is 2.80. The number of aliphatic hydroxyl groups excluding tert-OH is 1. The molecule has 3 aromatic rings. The van der Waals surface area contributed by atoms with E-state index in [0.29, 0.717) is 50.2 Å². The number of fused-ring (bicyclic) bond motifs is 6. The Morgan fingerprint density at radius 1 is 0.983 bits per heavy atom. The van der Waals surface area contributed by atoms with Gasteiger partial charge in [-0.25, -0.2) is 4.79 Å². The summed E-state index contributed by atoms with van der Waals surface area (Å²) in [5, 5.41) is 26.5. The Morgan fingerprint density at radius 3 is 2.44 bits per heavy atom. The Hall–Kier alpha value is -4.43. The maximum atomic E-state index is 15.3. The first-order chi connectivity index (χ1) is 28.3. The number of likely N-dealkylation sites (N-methyl/N-ethyl adjacent to an activating group) is 1. The number of methoxy groups -OCH3 is 3. The van der Waals surface area contributed by atoms with E-state index in [-0.39, 0.29) is 24.3 Å². The molecule has 11 atom stereocenters. The van der Waals surface area contributed by atoms with Gasteiger partial charge < -0.3 is 43.9 Å². The van der Waals surface area contributed by atoms with Crippen LogP contribution < -0.4 is 9.64 Å². The van der Waals surface area contributed by atoms with Gasteiger partial charge in [0.1, 0.15) is 11.2 Å². The summed E-state index contributed by atoms with van der Waals surface area (Å²) in [6, 6.07) is 10.9. The summed E-state index contributed by atoms with van der Waals surface area (Å²) in [6.07, 6.45) is 4.91. The van der Waals surface area contributed by atoms with Crippen molar-refractivity contribution in [3.8, 4) is 5.75 Å². The number of esters is 3. The zero-order valence-electron chi connectivity index (χ0n) is 35.2. The van der Waals surface area contributed by atoms with Crippen molar-refractivity contribution in [2.75, 3.05) is 66.0 Å². The Bertz CT molecular complexity index is 2240. The number of para-hydroxylation sites is 1. The van der Waals surface area contributed by atoms with E-state index in [4.69, 9.17) is 18.9 Å². The minimum absolute atomic E-state index is 0.0295. The number of hydrogen-bond donors (Lipinski definition) is 3. The van der Waals surface area contributed by atoms with Gasteiger partial charge in [-0.05, 0) is 73.7 Å². The number of nitrogens with zero attached hydrogens (tertiary/aromatic N) is 3. The first-order valence-corrected chi connectivity index (χ1v) is 21.3. The Labute approximate surface area is 345 Å². The van der Waals surface area contributed by atoms with Crippen LogP contribution in [0.25, 0.3) is 10.9 Å². The summed E-state index contributed by atoms with van der Waals surface area (Å²) >= 11 is 0. The number of carbonyl (C=O) groups is 3. The highest BCUT2D eigenvalue weighted by molar-refractivity contribution is 5.95. The Morgan fingerprint density at radius 2 is 1.75 bits per heavy atom. The summed E-state index contributed by atoms with van der Waals surface area (Å²) in [5.74, 6) is -1.78. The van der Waals surface area contributed by atoms with Crippen molar-refractivity contribution in [2.24, 2.45) is 17.3 Å². The fourth-order valence-electron chi connectivity index (χ4n) is 13.5. The van der Waals surface area contributed by atoms with Gasteiger partial charge in [-0.2, -0.15) is 0 Å². The SMILES string of the molecule is CC[C@@H]1CN2CCc3c([nH]c4ccccc34)[C@@](C(=O)OC)(c3cc4c(cc3OC)N(C)[C@H]3[C@@](O)(C(=O)OC)[C@H](OC(C)=O)[C@]5(CC)C=CCN6CC[C@]43[C@@H]65)C[C@H](C2)C1O. The van der Waals surface area contributed by atoms with Crippen LogP contribution >= 0.6 is 0 Å². The van der Waals surface area contributed by atoms with E-state index in [9.17, 15) is 19.8 Å². The third kappa shape index (κ3) is 5.13. The molecule has 13 heteroatoms. The second kappa shape index (κ2) is 14.1. The number of benzene rings is 2. The number of anilines is 1. The normalized spacial score (nSPS) is 37.0. The number of aromatic amines is 1. The molecule has 1 spiro atoms. The zero-order valence-corrected chi connectivity index (χ0v) is 35.2. The molecule has 1 aliphatic carbocycles. The fourth-order valence-corrected chi connectivity index (χ4v) is 13.5. The van der Waals surface area contributed by atoms with Crippen molar-refractivity contribution in [2.45, 2.75) is 93.6 Å². The number of piperidine rings is 1. The number of H-pyrrole nitrogens is 1. The lowest BCUT2D eigenvalue weighted by Gasteiger charge is -2.63. The van der Waals surface area contributed by atoms with Crippen LogP contribution in [0.15, 0.2) is 48.6 Å². The monoisotopic (exact) mass is 810 g/mol. The molecule has 3 N–H and O–H groups in total. The van der Waals surface area contributed by atoms with Crippen LogP contribution in [0.1, 0.15) is 68.8 Å². The number of nitrogens with one attached hydrogen (secondary N) is 1. The molecule has 3 fully saturated rings. The predicted octanol–water partition coefficient (Wildman–Crippen LogP) is 3.85. The van der Waals surface area contributed by atoms with E-state index >= 15 is 4.79 Å². The van der Waals surface area contributed by atoms with Gasteiger partial charge in [0.2, 0.25) is 5.60 Å². The van der Waals surface area contributed by atoms with Gasteiger partial charge in [0.15, 0.2) is 6.10 Å². The maximum Gasteiger partial charge on any atom is 0.344 e. The summed E-state index contributed by atoms with van der Waals surface area (Å²) in [5.41, 5.74) is -0.857. The second-order valence-electron chi connectivity index (χ2n) is 18.0. The molecule has 316 valence electrons. The van der Waals surface area contributed by atoms with Crippen LogP contribution in [0, 0.1) is 17.3 Å². The molecule has 1 aromatic heterocycles. The van der Waals surface area contributed by atoms with E-state index in [1.165, 1.54) is 21.1 Å². The molecule has 2 aromatic carbocycles. The average Bonchev–Trinajstić information content (AvgIpc) is 3.91. The predicted molar refractivity (Wildman–Crippen MR) is 220 cm³/mol. The van der Waals surface area contributed by atoms with Crippen molar-refractivity contribution in [1.82, 2.24) is 14.8 Å². The molecule has 2 saturated heterocycles. The number of aliphatic hydroxyl groups is 2. The van der Waals surface area contributed by atoms with Crippen molar-refractivity contribution >= 4 is 34.5 Å². The molecule has 9 rings (SSSR count). The first kappa shape index (κ1) is 40.0. The Kier molecular flexibility index (Phi) is 9.54. The first-order valence-electron chi connectivity index (χ1n) is 21.3. The minimum Gasteiger partial charge on any atom is -0.496 e. The van der Waals surface area contributed by atoms with Crippen molar-refractivity contribution in [3.63, 3.8) is 0 Å². The molecule has 2 bridgehead atoms. The van der Waals surface area contributed by atoms with Gasteiger partial charge in [-0.15, -0.1) is 0 Å². The van der Waals surface area contributed by atoms with Crippen LogP contribution in [0.4, 0.5) is 5.69 Å². The zero-order chi connectivity index (χ0) is 41.8. The number of rotatable bonds is 7. The Balaban J connectivity index is 1.37. The van der Waals surface area contributed by atoms with Crippen LogP contribution in [0.5, 0.6) is 5.75 Å². The standard InChI is InChI=1S/C46H58N4O9/c1-8-27-24-49-19-15-30-29-13-10-11-14-33(29)47-37(30)45(41(53)57-6,23-28(25-49)36(27)52)32-21-31-34(22-35(32)56-5)48(4)39-44(31)17-20-50-18-12-16-43(9-2,38(44)50)40(59-26(3)51)46(39,55)42(54)58-7/h10-14,16,21-22,27-28,36,38-40,47,52,55H,8-9,15,17-20,23-25H2,1-7H3/t27-,28-,36?,38+,39-,40-,43-,44-,45+,46+/m1/s1. The number of carbonyl (C=O) groups excluding carboxylic acids is 3. The summed E-state index contributed by atoms with van der Waals surface area (Å²) in [7, 11) is 6.13. The second-order valence-corrected chi connectivity index (χ2v) is 18.0. The maximum absolute atomic E-state index is 15.3. The topological polar surface area (TPSA) is 154 Å². The quantitative estimate of drug-likeness (QED) is 0.181. The highest BCUT2D eigenvalue weighted by atomic mass is 16.6. The van der Waals surface area contributed by atoms with E-state index in [1.54, 1.807) is 7.11 Å². The van der Waals surface area contributed by atoms with Gasteiger partial charge in [0.05, 0.1) is 33.5 Å². The van der Waals surface area contributed by atoms with Crippen molar-refractivity contribution < 1.29 is 43.5 Å². The lowest BCUT2D eigenvalue weighted by Crippen LogP contribution is -2.81. The molecule has 0 amide bonds. The third-order valence-electron chi connectivity index (χ3n) is 15.7. The lowest BCUT2D eigenvalue weighted by molar-refractivity contribution is -0.228. The molecular formula is C46H58N4O9. The molecular weight excluding hydrogens is 753 g/mol. The van der Waals surface area contributed by atoms with Gasteiger partial charge in [-0.3, -0.25) is 14.5 Å². The number of ether oxygens (including phenoxy) is 4. The van der Waals surface area contributed by atoms with Crippen molar-refractivity contribution in [3.05, 3.63) is 70.9 Å². The van der Waals surface area contributed by atoms with Gasteiger partial charge in [0.25, 0.3) is 0 Å². The van der Waals surface area contributed by atoms with Crippen LogP contribution in [0.2, 0.25) is 0 Å². The molecule has 0 radical (unpaired) electrons. The largest absolute Gasteiger partial charge is 0.496 e. The summed E-state index contributed by atoms with van der Waals surface area (Å²) in [6.45, 7) is 8.89. The number of hydrogen-bond acceptors (Lipinski definition) is 12.